The molecule has 0 aliphatic rings. The number of aliphatic hydroxyl groups excluding tert-OH is 1. The van der Waals surface area contributed by atoms with Crippen molar-refractivity contribution >= 4 is 11.6 Å². The van der Waals surface area contributed by atoms with Crippen molar-refractivity contribution in [3.8, 4) is 0 Å². The van der Waals surface area contributed by atoms with E-state index in [-0.39, 0.29) is 23.5 Å². The maximum Gasteiger partial charge on any atom is 0.142 e. The Morgan fingerprint density at radius 3 is 2.59 bits per heavy atom. The van der Waals surface area contributed by atoms with Gasteiger partial charge in [0.15, 0.2) is 0 Å². The molecule has 0 heterocycles. The topological polar surface area (TPSA) is 29.5 Å². The smallest absolute Gasteiger partial charge is 0.142 e. The van der Waals surface area contributed by atoms with E-state index in [9.17, 15) is 9.50 Å². The molecule has 0 saturated carbocycles. The molecule has 0 fully saturated rings. The Balaban J connectivity index is 2.80. The van der Waals surface area contributed by atoms with Gasteiger partial charge in [-0.25, -0.2) is 4.39 Å². The zero-order valence-electron chi connectivity index (χ0n) is 10.3. The molecular formula is C13H18ClFO2. The maximum absolute atomic E-state index is 13.2. The lowest BCUT2D eigenvalue weighted by Crippen LogP contribution is -2.34. The zero-order chi connectivity index (χ0) is 13.0. The van der Waals surface area contributed by atoms with E-state index in [1.165, 1.54) is 6.07 Å². The molecule has 1 aromatic carbocycles. The minimum Gasteiger partial charge on any atom is -0.390 e. The predicted molar refractivity (Wildman–Crippen MR) is 66.8 cm³/mol. The lowest BCUT2D eigenvalue weighted by molar-refractivity contribution is -0.0368. The Labute approximate surface area is 106 Å². The first-order chi connectivity index (χ1) is 7.97. The van der Waals surface area contributed by atoms with Crippen LogP contribution in [0.5, 0.6) is 0 Å². The van der Waals surface area contributed by atoms with E-state index in [1.807, 2.05) is 13.8 Å². The lowest BCUT2D eigenvalue weighted by atomic mass is 9.96. The number of hydrogen-bond donors (Lipinski definition) is 1. The highest BCUT2D eigenvalue weighted by Gasteiger charge is 2.23. The zero-order valence-corrected chi connectivity index (χ0v) is 11.0. The molecule has 0 aromatic heterocycles. The van der Waals surface area contributed by atoms with Crippen LogP contribution in [0.3, 0.4) is 0 Å². The summed E-state index contributed by atoms with van der Waals surface area (Å²) >= 11 is 5.84. The van der Waals surface area contributed by atoms with Crippen molar-refractivity contribution in [2.45, 2.75) is 32.5 Å². The highest BCUT2D eigenvalue weighted by molar-refractivity contribution is 6.31. The Kier molecular flexibility index (Phi) is 5.37. The van der Waals surface area contributed by atoms with Crippen LogP contribution in [0.4, 0.5) is 4.39 Å². The number of halogens is 2. The third-order valence-electron chi connectivity index (χ3n) is 2.77. The fourth-order valence-electron chi connectivity index (χ4n) is 1.92. The van der Waals surface area contributed by atoms with Gasteiger partial charge in [0, 0.05) is 13.5 Å². The van der Waals surface area contributed by atoms with Gasteiger partial charge in [-0.15, -0.1) is 0 Å². The number of methoxy groups -OCH3 is 1. The molecular weight excluding hydrogens is 243 g/mol. The number of ether oxygens (including phenoxy) is 1. The van der Waals surface area contributed by atoms with Gasteiger partial charge in [-0.2, -0.15) is 0 Å². The van der Waals surface area contributed by atoms with Gasteiger partial charge in [-0.1, -0.05) is 37.6 Å². The molecule has 2 unspecified atom stereocenters. The van der Waals surface area contributed by atoms with Crippen LogP contribution < -0.4 is 0 Å². The van der Waals surface area contributed by atoms with Gasteiger partial charge in [0.2, 0.25) is 0 Å². The molecule has 1 rings (SSSR count). The normalized spacial score (nSPS) is 15.0. The molecule has 0 saturated heterocycles. The van der Waals surface area contributed by atoms with Crippen molar-refractivity contribution in [1.29, 1.82) is 0 Å². The second-order valence-corrected chi connectivity index (χ2v) is 4.81. The maximum atomic E-state index is 13.2. The van der Waals surface area contributed by atoms with Gasteiger partial charge in [0.05, 0.1) is 17.2 Å². The standard InChI is InChI=1S/C13H18ClFO2/c1-8(2)13(17-3)11(16)7-9-5-4-6-10(15)12(9)14/h4-6,8,11,13,16H,7H2,1-3H3. The summed E-state index contributed by atoms with van der Waals surface area (Å²) in [5, 5.41) is 10.1. The molecule has 4 heteroatoms. The molecule has 17 heavy (non-hydrogen) atoms. The summed E-state index contributed by atoms with van der Waals surface area (Å²) in [6, 6.07) is 4.59. The summed E-state index contributed by atoms with van der Waals surface area (Å²) in [5.41, 5.74) is 0.599. The van der Waals surface area contributed by atoms with Gasteiger partial charge < -0.3 is 9.84 Å². The van der Waals surface area contributed by atoms with Crippen molar-refractivity contribution < 1.29 is 14.2 Å². The van der Waals surface area contributed by atoms with E-state index in [0.29, 0.717) is 5.56 Å². The fraction of sp³-hybridized carbons (Fsp3) is 0.538. The van der Waals surface area contributed by atoms with Crippen molar-refractivity contribution in [3.05, 3.63) is 34.6 Å². The monoisotopic (exact) mass is 260 g/mol. The van der Waals surface area contributed by atoms with Crippen molar-refractivity contribution in [2.75, 3.05) is 7.11 Å². The van der Waals surface area contributed by atoms with Crippen LogP contribution in [0, 0.1) is 11.7 Å². The van der Waals surface area contributed by atoms with Crippen LogP contribution in [-0.2, 0) is 11.2 Å². The first kappa shape index (κ1) is 14.4. The third kappa shape index (κ3) is 3.66. The van der Waals surface area contributed by atoms with E-state index in [2.05, 4.69) is 0 Å². The molecule has 0 radical (unpaired) electrons. The average Bonchev–Trinajstić information content (AvgIpc) is 2.25. The molecule has 0 bridgehead atoms. The minimum atomic E-state index is -0.695. The van der Waals surface area contributed by atoms with Crippen LogP contribution in [0.15, 0.2) is 18.2 Å². The third-order valence-corrected chi connectivity index (χ3v) is 3.19. The second kappa shape index (κ2) is 6.34. The second-order valence-electron chi connectivity index (χ2n) is 4.43. The van der Waals surface area contributed by atoms with Gasteiger partial charge in [0.1, 0.15) is 5.82 Å². The van der Waals surface area contributed by atoms with Gasteiger partial charge in [-0.3, -0.25) is 0 Å². The first-order valence-electron chi connectivity index (χ1n) is 5.61. The minimum absolute atomic E-state index is 0.0742. The Morgan fingerprint density at radius 1 is 1.41 bits per heavy atom. The number of hydrogen-bond acceptors (Lipinski definition) is 2. The number of rotatable bonds is 5. The van der Waals surface area contributed by atoms with E-state index < -0.39 is 11.9 Å². The van der Waals surface area contributed by atoms with Gasteiger partial charge >= 0.3 is 0 Å². The summed E-state index contributed by atoms with van der Waals surface area (Å²) in [6.07, 6.45) is -0.693. The SMILES string of the molecule is COC(C(C)C)C(O)Cc1cccc(F)c1Cl. The highest BCUT2D eigenvalue weighted by atomic mass is 35.5. The van der Waals surface area contributed by atoms with E-state index in [1.54, 1.807) is 19.2 Å². The summed E-state index contributed by atoms with van der Waals surface area (Å²) in [6.45, 7) is 3.93. The molecule has 0 spiro atoms. The summed E-state index contributed by atoms with van der Waals surface area (Å²) in [5.74, 6) is -0.280. The van der Waals surface area contributed by atoms with Crippen LogP contribution in [0.1, 0.15) is 19.4 Å². The van der Waals surface area contributed by atoms with Crippen molar-refractivity contribution in [1.82, 2.24) is 0 Å². The summed E-state index contributed by atoms with van der Waals surface area (Å²) in [7, 11) is 1.56. The molecule has 96 valence electrons. The number of aliphatic hydroxyl groups is 1. The Bertz CT molecular complexity index is 368. The largest absolute Gasteiger partial charge is 0.390 e. The first-order valence-corrected chi connectivity index (χ1v) is 5.99. The number of benzene rings is 1. The highest BCUT2D eigenvalue weighted by Crippen LogP contribution is 2.23. The van der Waals surface area contributed by atoms with Crippen LogP contribution in [-0.4, -0.2) is 24.4 Å². The molecule has 2 atom stereocenters. The van der Waals surface area contributed by atoms with Crippen molar-refractivity contribution in [3.63, 3.8) is 0 Å². The van der Waals surface area contributed by atoms with Crippen LogP contribution >= 0.6 is 11.6 Å². The average molecular weight is 261 g/mol. The van der Waals surface area contributed by atoms with Crippen LogP contribution in [0.25, 0.3) is 0 Å². The Morgan fingerprint density at radius 2 is 2.06 bits per heavy atom. The fourth-order valence-corrected chi connectivity index (χ4v) is 2.12. The van der Waals surface area contributed by atoms with Crippen molar-refractivity contribution in [2.24, 2.45) is 5.92 Å². The van der Waals surface area contributed by atoms with E-state index >= 15 is 0 Å². The summed E-state index contributed by atoms with van der Waals surface area (Å²) < 4.78 is 18.5. The Hall–Kier alpha value is -0.640. The van der Waals surface area contributed by atoms with Gasteiger partial charge in [-0.05, 0) is 17.5 Å². The van der Waals surface area contributed by atoms with E-state index in [4.69, 9.17) is 16.3 Å². The molecule has 1 aromatic rings. The lowest BCUT2D eigenvalue weighted by Gasteiger charge is -2.25. The quantitative estimate of drug-likeness (QED) is 0.882. The summed E-state index contributed by atoms with van der Waals surface area (Å²) in [4.78, 5) is 0. The molecule has 1 N–H and O–H groups in total. The predicted octanol–water partition coefficient (Wildman–Crippen LogP) is 3.05. The van der Waals surface area contributed by atoms with E-state index in [0.717, 1.165) is 0 Å². The van der Waals surface area contributed by atoms with Crippen LogP contribution in [0.2, 0.25) is 5.02 Å². The van der Waals surface area contributed by atoms with Gasteiger partial charge in [0.25, 0.3) is 0 Å². The molecule has 0 amide bonds. The molecule has 0 aliphatic carbocycles. The molecule has 0 aliphatic heterocycles. The molecule has 2 nitrogen and oxygen atoms in total.